The van der Waals surface area contributed by atoms with Gasteiger partial charge in [-0.3, -0.25) is 4.40 Å². The van der Waals surface area contributed by atoms with E-state index in [0.717, 1.165) is 34.7 Å². The first-order chi connectivity index (χ1) is 15.5. The number of ether oxygens (including phenoxy) is 1. The first kappa shape index (κ1) is 21.0. The van der Waals surface area contributed by atoms with E-state index in [4.69, 9.17) is 4.74 Å². The van der Waals surface area contributed by atoms with Gasteiger partial charge < -0.3 is 4.74 Å². The molecule has 5 rings (SSSR count). The lowest BCUT2D eigenvalue weighted by molar-refractivity contribution is 0.356. The Labute approximate surface area is 185 Å². The Morgan fingerprint density at radius 1 is 1.22 bits per heavy atom. The molecule has 3 aromatic rings. The van der Waals surface area contributed by atoms with Crippen LogP contribution < -0.4 is 4.74 Å². The number of hydrogen-bond acceptors (Lipinski definition) is 6. The summed E-state index contributed by atoms with van der Waals surface area (Å²) in [6, 6.07) is 3.15. The van der Waals surface area contributed by atoms with Crippen molar-refractivity contribution in [3.05, 3.63) is 59.1 Å². The molecule has 0 spiro atoms. The van der Waals surface area contributed by atoms with Crippen LogP contribution in [0.4, 0.5) is 4.39 Å². The second kappa shape index (κ2) is 8.25. The van der Waals surface area contributed by atoms with Crippen molar-refractivity contribution in [2.75, 3.05) is 25.4 Å². The van der Waals surface area contributed by atoms with E-state index in [-0.39, 0.29) is 11.6 Å². The summed E-state index contributed by atoms with van der Waals surface area (Å²) in [7, 11) is -3.21. The van der Waals surface area contributed by atoms with Crippen molar-refractivity contribution in [2.45, 2.75) is 32.6 Å². The molecule has 168 valence electrons. The van der Waals surface area contributed by atoms with Gasteiger partial charge in [-0.05, 0) is 43.0 Å². The van der Waals surface area contributed by atoms with Crippen LogP contribution in [0, 0.1) is 5.82 Å². The lowest BCUT2D eigenvalue weighted by Crippen LogP contribution is -2.35. The molecule has 2 aliphatic rings. The highest BCUT2D eigenvalue weighted by Crippen LogP contribution is 2.31. The summed E-state index contributed by atoms with van der Waals surface area (Å²) < 4.78 is 47.6. The normalized spacial score (nSPS) is 16.8. The number of rotatable bonds is 6. The number of benzene rings is 1. The van der Waals surface area contributed by atoms with E-state index in [2.05, 4.69) is 15.2 Å². The molecule has 0 N–H and O–H groups in total. The molecular formula is C22H24FN5O3S. The van der Waals surface area contributed by atoms with Crippen LogP contribution in [0.2, 0.25) is 0 Å². The molecule has 0 unspecified atom stereocenters. The Morgan fingerprint density at radius 3 is 2.88 bits per heavy atom. The molecule has 32 heavy (non-hydrogen) atoms. The molecule has 0 fully saturated rings. The number of hydrogen-bond donors (Lipinski definition) is 0. The SMILES string of the molecule is CCS(=O)(=O)N1CC=C(c2cnc(CCc3c(F)ccc4c3CCO4)n3cnnc23)CC1. The summed E-state index contributed by atoms with van der Waals surface area (Å²) in [6.45, 7) is 3.01. The van der Waals surface area contributed by atoms with Crippen molar-refractivity contribution < 1.29 is 17.5 Å². The van der Waals surface area contributed by atoms with Crippen LogP contribution in [0.3, 0.4) is 0 Å². The van der Waals surface area contributed by atoms with Gasteiger partial charge in [0, 0.05) is 43.3 Å². The van der Waals surface area contributed by atoms with Crippen molar-refractivity contribution in [1.29, 1.82) is 0 Å². The zero-order valence-electron chi connectivity index (χ0n) is 17.8. The molecule has 0 saturated heterocycles. The van der Waals surface area contributed by atoms with Crippen LogP contribution in [0.1, 0.15) is 35.9 Å². The van der Waals surface area contributed by atoms with E-state index < -0.39 is 10.0 Å². The van der Waals surface area contributed by atoms with E-state index in [1.54, 1.807) is 25.5 Å². The van der Waals surface area contributed by atoms with Gasteiger partial charge in [0.2, 0.25) is 10.0 Å². The molecule has 8 nitrogen and oxygen atoms in total. The van der Waals surface area contributed by atoms with Gasteiger partial charge >= 0.3 is 0 Å². The summed E-state index contributed by atoms with van der Waals surface area (Å²) in [4.78, 5) is 4.63. The van der Waals surface area contributed by atoms with Gasteiger partial charge in [0.05, 0.1) is 12.4 Å². The number of sulfonamides is 1. The van der Waals surface area contributed by atoms with Crippen LogP contribution >= 0.6 is 0 Å². The van der Waals surface area contributed by atoms with E-state index in [0.29, 0.717) is 50.2 Å². The fraction of sp³-hybridized carbons (Fsp3) is 0.409. The third-order valence-electron chi connectivity index (χ3n) is 6.22. The molecule has 0 amide bonds. The Morgan fingerprint density at radius 2 is 2.09 bits per heavy atom. The lowest BCUT2D eigenvalue weighted by Gasteiger charge is -2.25. The zero-order chi connectivity index (χ0) is 22.3. The second-order valence-electron chi connectivity index (χ2n) is 7.95. The van der Waals surface area contributed by atoms with E-state index in [1.807, 2.05) is 10.5 Å². The van der Waals surface area contributed by atoms with E-state index in [9.17, 15) is 12.8 Å². The number of halogens is 1. The monoisotopic (exact) mass is 457 g/mol. The fourth-order valence-electron chi connectivity index (χ4n) is 4.43. The molecule has 4 heterocycles. The minimum absolute atomic E-state index is 0.0954. The summed E-state index contributed by atoms with van der Waals surface area (Å²) in [6.07, 6.45) is 7.65. The van der Waals surface area contributed by atoms with Crippen LogP contribution in [0.25, 0.3) is 11.2 Å². The second-order valence-corrected chi connectivity index (χ2v) is 10.2. The number of aryl methyl sites for hydroxylation is 1. The van der Waals surface area contributed by atoms with Gasteiger partial charge in [0.15, 0.2) is 5.65 Å². The molecule has 0 saturated carbocycles. The van der Waals surface area contributed by atoms with Crippen molar-refractivity contribution in [3.8, 4) is 5.75 Å². The van der Waals surface area contributed by atoms with Gasteiger partial charge in [0.1, 0.15) is 23.7 Å². The Kier molecular flexibility index (Phi) is 5.42. The van der Waals surface area contributed by atoms with Gasteiger partial charge in [-0.1, -0.05) is 6.08 Å². The minimum atomic E-state index is -3.21. The van der Waals surface area contributed by atoms with Crippen LogP contribution in [0.5, 0.6) is 5.75 Å². The van der Waals surface area contributed by atoms with Crippen molar-refractivity contribution >= 4 is 21.2 Å². The van der Waals surface area contributed by atoms with Crippen LogP contribution in [-0.4, -0.2) is 57.8 Å². The Balaban J connectivity index is 1.40. The molecule has 2 aliphatic heterocycles. The fourth-order valence-corrected chi connectivity index (χ4v) is 5.47. The minimum Gasteiger partial charge on any atom is -0.493 e. The smallest absolute Gasteiger partial charge is 0.214 e. The van der Waals surface area contributed by atoms with Gasteiger partial charge in [-0.2, -0.15) is 4.31 Å². The highest BCUT2D eigenvalue weighted by molar-refractivity contribution is 7.89. The maximum absolute atomic E-state index is 14.5. The predicted octanol–water partition coefficient (Wildman–Crippen LogP) is 2.42. The summed E-state index contributed by atoms with van der Waals surface area (Å²) in [5.41, 5.74) is 4.16. The van der Waals surface area contributed by atoms with E-state index >= 15 is 0 Å². The van der Waals surface area contributed by atoms with Gasteiger partial charge in [0.25, 0.3) is 0 Å². The topological polar surface area (TPSA) is 89.7 Å². The Bertz CT molecular complexity index is 1320. The lowest BCUT2D eigenvalue weighted by atomic mass is 9.99. The molecular weight excluding hydrogens is 433 g/mol. The van der Waals surface area contributed by atoms with Crippen LogP contribution in [0.15, 0.2) is 30.7 Å². The maximum atomic E-state index is 14.5. The summed E-state index contributed by atoms with van der Waals surface area (Å²) in [5, 5.41) is 8.34. The van der Waals surface area contributed by atoms with Crippen molar-refractivity contribution in [1.82, 2.24) is 23.9 Å². The average molecular weight is 458 g/mol. The summed E-state index contributed by atoms with van der Waals surface area (Å²) in [5.74, 6) is 1.39. The Hall–Kier alpha value is -2.85. The quantitative estimate of drug-likeness (QED) is 0.565. The number of nitrogens with zero attached hydrogens (tertiary/aromatic N) is 5. The standard InChI is InChI=1S/C22H24FN5O3S/c1-2-32(29,30)27-10-7-15(8-11-27)18-13-24-21(28-14-25-26-22(18)28)6-3-16-17-9-12-31-20(17)5-4-19(16)23/h4-5,7,13-14H,2-3,6,8-12H2,1H3. The number of aromatic nitrogens is 4. The average Bonchev–Trinajstić information content (AvgIpc) is 3.48. The number of fused-ring (bicyclic) bond motifs is 2. The first-order valence-electron chi connectivity index (χ1n) is 10.8. The molecule has 2 aromatic heterocycles. The van der Waals surface area contributed by atoms with E-state index in [1.165, 1.54) is 10.4 Å². The van der Waals surface area contributed by atoms with Crippen LogP contribution in [-0.2, 0) is 29.3 Å². The maximum Gasteiger partial charge on any atom is 0.214 e. The molecule has 0 aliphatic carbocycles. The first-order valence-corrected chi connectivity index (χ1v) is 12.4. The third kappa shape index (κ3) is 3.67. The highest BCUT2D eigenvalue weighted by Gasteiger charge is 2.25. The summed E-state index contributed by atoms with van der Waals surface area (Å²) >= 11 is 0. The van der Waals surface area contributed by atoms with Crippen molar-refractivity contribution in [2.24, 2.45) is 0 Å². The predicted molar refractivity (Wildman–Crippen MR) is 117 cm³/mol. The molecule has 10 heteroatoms. The van der Waals surface area contributed by atoms with Crippen molar-refractivity contribution in [3.63, 3.8) is 0 Å². The highest BCUT2D eigenvalue weighted by atomic mass is 32.2. The third-order valence-corrected chi connectivity index (χ3v) is 8.07. The van der Waals surface area contributed by atoms with Gasteiger partial charge in [-0.25, -0.2) is 17.8 Å². The zero-order valence-corrected chi connectivity index (χ0v) is 18.6. The largest absolute Gasteiger partial charge is 0.493 e. The molecule has 0 radical (unpaired) electrons. The van der Waals surface area contributed by atoms with Gasteiger partial charge in [-0.15, -0.1) is 10.2 Å². The molecule has 1 aromatic carbocycles. The molecule has 0 atom stereocenters. The molecule has 0 bridgehead atoms.